The van der Waals surface area contributed by atoms with Crippen molar-refractivity contribution in [1.29, 1.82) is 0 Å². The van der Waals surface area contributed by atoms with Gasteiger partial charge in [-0.2, -0.15) is 8.78 Å². The van der Waals surface area contributed by atoms with Gasteiger partial charge in [0.1, 0.15) is 34.5 Å². The Bertz CT molecular complexity index is 1220. The number of rotatable bonds is 6. The normalized spacial score (nSPS) is 18.5. The van der Waals surface area contributed by atoms with Crippen LogP contribution >= 0.6 is 0 Å². The first-order valence-corrected chi connectivity index (χ1v) is 11.5. The van der Waals surface area contributed by atoms with E-state index in [2.05, 4.69) is 16.4 Å². The fraction of sp³-hybridized carbons (Fsp3) is 0.333. The van der Waals surface area contributed by atoms with Gasteiger partial charge in [0.2, 0.25) is 0 Å². The Morgan fingerprint density at radius 3 is 1.73 bits per heavy atom. The van der Waals surface area contributed by atoms with Crippen molar-refractivity contribution < 1.29 is 44.6 Å². The van der Waals surface area contributed by atoms with Gasteiger partial charge >= 0.3 is 12.5 Å². The van der Waals surface area contributed by atoms with Gasteiger partial charge in [0.15, 0.2) is 0 Å². The molecule has 0 unspecified atom stereocenters. The van der Waals surface area contributed by atoms with Crippen LogP contribution in [0.15, 0.2) is 54.6 Å². The van der Waals surface area contributed by atoms with Crippen LogP contribution in [0.4, 0.5) is 35.1 Å². The Morgan fingerprint density at radius 1 is 0.676 bits per heavy atom. The topological polar surface area (TPSA) is 18.5 Å². The molecule has 0 heterocycles. The van der Waals surface area contributed by atoms with Crippen molar-refractivity contribution in [2.45, 2.75) is 51.0 Å². The molecule has 1 aliphatic carbocycles. The van der Waals surface area contributed by atoms with Gasteiger partial charge in [0.05, 0.1) is 0 Å². The highest BCUT2D eigenvalue weighted by Gasteiger charge is 2.41. The Morgan fingerprint density at radius 2 is 1.22 bits per heavy atom. The molecule has 0 N–H and O–H groups in total. The molecular formula is C27H22F8O2. The van der Waals surface area contributed by atoms with E-state index in [0.717, 1.165) is 43.4 Å². The highest BCUT2D eigenvalue weighted by atomic mass is 19.4. The third kappa shape index (κ3) is 6.34. The maximum absolute atomic E-state index is 14.9. The maximum atomic E-state index is 14.9. The Hall–Kier alpha value is -3.30. The molecule has 10 heteroatoms. The minimum atomic E-state index is -4.99. The van der Waals surface area contributed by atoms with Crippen LogP contribution in [0.1, 0.15) is 49.7 Å². The number of hydrogen-bond donors (Lipinski definition) is 0. The minimum Gasteiger partial charge on any atom is -0.429 e. The van der Waals surface area contributed by atoms with Crippen molar-refractivity contribution in [1.82, 2.24) is 0 Å². The number of benzene rings is 3. The van der Waals surface area contributed by atoms with E-state index in [9.17, 15) is 35.1 Å². The predicted octanol–water partition coefficient (Wildman–Crippen LogP) is 9.09. The molecule has 198 valence electrons. The van der Waals surface area contributed by atoms with Gasteiger partial charge in [-0.15, -0.1) is 13.2 Å². The van der Waals surface area contributed by atoms with Crippen molar-refractivity contribution >= 4 is 0 Å². The maximum Gasteiger partial charge on any atom is 0.573 e. The zero-order valence-electron chi connectivity index (χ0n) is 19.5. The van der Waals surface area contributed by atoms with Gasteiger partial charge in [-0.3, -0.25) is 0 Å². The fourth-order valence-corrected chi connectivity index (χ4v) is 4.53. The van der Waals surface area contributed by atoms with E-state index in [1.54, 1.807) is 6.07 Å². The molecule has 0 saturated heterocycles. The van der Waals surface area contributed by atoms with Crippen LogP contribution in [0, 0.1) is 23.4 Å². The summed E-state index contributed by atoms with van der Waals surface area (Å²) in [5, 5.41) is 0. The van der Waals surface area contributed by atoms with Gasteiger partial charge in [0.25, 0.3) is 0 Å². The van der Waals surface area contributed by atoms with Gasteiger partial charge in [0, 0.05) is 5.56 Å². The van der Waals surface area contributed by atoms with Crippen molar-refractivity contribution in [2.75, 3.05) is 0 Å². The average molecular weight is 530 g/mol. The largest absolute Gasteiger partial charge is 0.573 e. The summed E-state index contributed by atoms with van der Waals surface area (Å²) in [4.78, 5) is 0. The molecule has 3 aromatic carbocycles. The van der Waals surface area contributed by atoms with E-state index in [-0.39, 0.29) is 17.0 Å². The van der Waals surface area contributed by atoms with Crippen molar-refractivity contribution in [3.05, 3.63) is 83.2 Å². The zero-order valence-corrected chi connectivity index (χ0v) is 19.5. The van der Waals surface area contributed by atoms with Crippen LogP contribution in [0.2, 0.25) is 0 Å². The first-order chi connectivity index (χ1) is 17.3. The lowest BCUT2D eigenvalue weighted by molar-refractivity contribution is -0.274. The summed E-state index contributed by atoms with van der Waals surface area (Å²) in [5.41, 5.74) is -1.37. The van der Waals surface area contributed by atoms with Crippen molar-refractivity contribution in [2.24, 2.45) is 5.92 Å². The van der Waals surface area contributed by atoms with Crippen molar-refractivity contribution in [3.63, 3.8) is 0 Å². The van der Waals surface area contributed by atoms with Gasteiger partial charge in [-0.05, 0) is 78.3 Å². The van der Waals surface area contributed by atoms with Crippen LogP contribution in [0.5, 0.6) is 11.5 Å². The third-order valence-corrected chi connectivity index (χ3v) is 6.43. The van der Waals surface area contributed by atoms with Crippen LogP contribution in [0.3, 0.4) is 0 Å². The van der Waals surface area contributed by atoms with E-state index in [4.69, 9.17) is 0 Å². The summed E-state index contributed by atoms with van der Waals surface area (Å²) < 4.78 is 118. The third-order valence-electron chi connectivity index (χ3n) is 6.43. The quantitative estimate of drug-likeness (QED) is 0.296. The SMILES string of the molecule is CC1CCC(c2ccc(-c3cc(F)c(C(F)(F)Oc4ccc(OC(F)(F)F)cc4)c(F)c3)c(F)c2)CC1. The number of hydrogen-bond acceptors (Lipinski definition) is 2. The zero-order chi connectivity index (χ0) is 27.0. The summed E-state index contributed by atoms with van der Waals surface area (Å²) >= 11 is 0. The lowest BCUT2D eigenvalue weighted by Gasteiger charge is -2.26. The molecule has 0 aliphatic heterocycles. The van der Waals surface area contributed by atoms with Crippen LogP contribution in [-0.2, 0) is 6.11 Å². The molecular weight excluding hydrogens is 508 g/mol. The Kier molecular flexibility index (Phi) is 7.39. The molecule has 2 nitrogen and oxygen atoms in total. The average Bonchev–Trinajstić information content (AvgIpc) is 2.79. The summed E-state index contributed by atoms with van der Waals surface area (Å²) in [7, 11) is 0. The summed E-state index contributed by atoms with van der Waals surface area (Å²) in [5.74, 6) is -4.66. The Labute approximate surface area is 207 Å². The second-order valence-electron chi connectivity index (χ2n) is 9.15. The van der Waals surface area contributed by atoms with Gasteiger partial charge in [-0.1, -0.05) is 31.9 Å². The molecule has 3 aromatic rings. The van der Waals surface area contributed by atoms with Crippen LogP contribution in [0.25, 0.3) is 11.1 Å². The molecule has 1 fully saturated rings. The highest BCUT2D eigenvalue weighted by molar-refractivity contribution is 5.65. The molecule has 0 amide bonds. The summed E-state index contributed by atoms with van der Waals surface area (Å²) in [6.07, 6.45) is -5.66. The molecule has 1 aliphatic rings. The molecule has 0 spiro atoms. The summed E-state index contributed by atoms with van der Waals surface area (Å²) in [6.45, 7) is 2.16. The lowest BCUT2D eigenvalue weighted by atomic mass is 9.79. The smallest absolute Gasteiger partial charge is 0.429 e. The van der Waals surface area contributed by atoms with Gasteiger partial charge in [-0.25, -0.2) is 13.2 Å². The minimum absolute atomic E-state index is 0.151. The molecule has 0 aromatic heterocycles. The first kappa shape index (κ1) is 26.8. The van der Waals surface area contributed by atoms with E-state index >= 15 is 0 Å². The van der Waals surface area contributed by atoms with Crippen LogP contribution < -0.4 is 9.47 Å². The second-order valence-corrected chi connectivity index (χ2v) is 9.15. The first-order valence-electron chi connectivity index (χ1n) is 11.5. The fourth-order valence-electron chi connectivity index (χ4n) is 4.53. The van der Waals surface area contributed by atoms with Crippen molar-refractivity contribution in [3.8, 4) is 22.6 Å². The monoisotopic (exact) mass is 530 g/mol. The highest BCUT2D eigenvalue weighted by Crippen LogP contribution is 2.40. The lowest BCUT2D eigenvalue weighted by Crippen LogP contribution is -2.25. The van der Waals surface area contributed by atoms with Gasteiger partial charge < -0.3 is 9.47 Å². The molecule has 37 heavy (non-hydrogen) atoms. The van der Waals surface area contributed by atoms with E-state index in [1.807, 2.05) is 0 Å². The van der Waals surface area contributed by atoms with Crippen LogP contribution in [-0.4, -0.2) is 6.36 Å². The summed E-state index contributed by atoms with van der Waals surface area (Å²) in [6, 6.07) is 8.37. The van der Waals surface area contributed by atoms with E-state index < -0.39 is 47.0 Å². The molecule has 0 radical (unpaired) electrons. The van der Waals surface area contributed by atoms with E-state index in [1.165, 1.54) is 12.1 Å². The van der Waals surface area contributed by atoms with E-state index in [0.29, 0.717) is 30.2 Å². The molecule has 1 saturated carbocycles. The number of halogens is 8. The molecule has 4 rings (SSSR count). The number of alkyl halides is 5. The molecule has 0 bridgehead atoms. The second kappa shape index (κ2) is 10.2. The standard InChI is InChI=1S/C27H22F8O2/c1-15-2-4-16(5-3-15)17-6-11-21(22(28)12-17)18-13-23(29)25(24(30)14-18)26(31,32)36-19-7-9-20(10-8-19)37-27(33,34)35/h6-16H,2-5H2,1H3. The predicted molar refractivity (Wildman–Crippen MR) is 120 cm³/mol. The Balaban J connectivity index is 1.55. The molecule has 0 atom stereocenters. The number of ether oxygens (including phenoxy) is 2.